The zero-order chi connectivity index (χ0) is 20.5. The third-order valence-corrected chi connectivity index (χ3v) is 3.55. The molecular weight excluding hydrogens is 401 g/mol. The normalized spacial score (nSPS) is 10.9. The Morgan fingerprint density at radius 2 is 2.00 bits per heavy atom. The van der Waals surface area contributed by atoms with Gasteiger partial charge in [0, 0.05) is 18.4 Å². The van der Waals surface area contributed by atoms with Crippen LogP contribution in [0.25, 0.3) is 0 Å². The summed E-state index contributed by atoms with van der Waals surface area (Å²) in [7, 11) is 3.75. The maximum atomic E-state index is 13.2. The highest BCUT2D eigenvalue weighted by atomic mass is 35.5. The number of carbonyl (C=O) groups is 2. The predicted molar refractivity (Wildman–Crippen MR) is 111 cm³/mol. The van der Waals surface area contributed by atoms with Crippen LogP contribution < -0.4 is 10.7 Å². The first-order valence-electron chi connectivity index (χ1n) is 8.51. The van der Waals surface area contributed by atoms with Crippen molar-refractivity contribution in [3.8, 4) is 0 Å². The molecule has 2 aromatic rings. The van der Waals surface area contributed by atoms with Gasteiger partial charge in [-0.3, -0.25) is 4.98 Å². The van der Waals surface area contributed by atoms with Gasteiger partial charge in [-0.1, -0.05) is 6.07 Å². The highest BCUT2D eigenvalue weighted by Crippen LogP contribution is 2.10. The second-order valence-electron chi connectivity index (χ2n) is 6.11. The number of urea groups is 1. The van der Waals surface area contributed by atoms with Crippen molar-refractivity contribution >= 4 is 35.8 Å². The molecule has 0 aliphatic rings. The fourth-order valence-electron chi connectivity index (χ4n) is 2.17. The molecule has 1 aromatic heterocycles. The summed E-state index contributed by atoms with van der Waals surface area (Å²) in [6.45, 7) is 2.43. The summed E-state index contributed by atoms with van der Waals surface area (Å²) >= 11 is 0. The number of rotatable bonds is 7. The van der Waals surface area contributed by atoms with Crippen LogP contribution in [0, 0.1) is 5.82 Å². The highest BCUT2D eigenvalue weighted by Gasteiger charge is 2.16. The van der Waals surface area contributed by atoms with Crippen molar-refractivity contribution in [2.24, 2.45) is 5.10 Å². The van der Waals surface area contributed by atoms with Gasteiger partial charge in [0.05, 0.1) is 11.3 Å². The Kier molecular flexibility index (Phi) is 9.70. The molecule has 1 aromatic carbocycles. The zero-order valence-electron chi connectivity index (χ0n) is 16.3. The minimum atomic E-state index is -0.656. The molecule has 156 valence electrons. The van der Waals surface area contributed by atoms with Gasteiger partial charge in [-0.25, -0.2) is 19.4 Å². The second-order valence-corrected chi connectivity index (χ2v) is 6.11. The summed E-state index contributed by atoms with van der Waals surface area (Å²) in [6.07, 6.45) is 1.51. The van der Waals surface area contributed by atoms with Crippen molar-refractivity contribution in [3.63, 3.8) is 0 Å². The van der Waals surface area contributed by atoms with E-state index in [9.17, 15) is 14.0 Å². The number of anilines is 1. The maximum Gasteiger partial charge on any atom is 0.340 e. The van der Waals surface area contributed by atoms with E-state index in [0.717, 1.165) is 0 Å². The lowest BCUT2D eigenvalue weighted by Crippen LogP contribution is -2.26. The maximum absolute atomic E-state index is 13.2. The second kappa shape index (κ2) is 11.7. The van der Waals surface area contributed by atoms with Crippen LogP contribution in [0.2, 0.25) is 0 Å². The molecule has 1 heterocycles. The lowest BCUT2D eigenvalue weighted by Gasteiger charge is -2.11. The summed E-state index contributed by atoms with van der Waals surface area (Å²) in [6, 6.07) is 8.00. The minimum absolute atomic E-state index is 0. The quantitative estimate of drug-likeness (QED) is 0.405. The van der Waals surface area contributed by atoms with Gasteiger partial charge in [0.2, 0.25) is 0 Å². The lowest BCUT2D eigenvalue weighted by atomic mass is 10.1. The van der Waals surface area contributed by atoms with E-state index in [1.54, 1.807) is 25.1 Å². The Labute approximate surface area is 174 Å². The number of hydrogen-bond acceptors (Lipinski definition) is 6. The number of nitrogens with zero attached hydrogens (tertiary/aromatic N) is 3. The number of hydrazone groups is 1. The Bertz CT molecular complexity index is 876. The van der Waals surface area contributed by atoms with Crippen molar-refractivity contribution in [2.75, 3.05) is 32.6 Å². The number of amides is 2. The van der Waals surface area contributed by atoms with Crippen molar-refractivity contribution in [1.29, 1.82) is 0 Å². The molecule has 0 unspecified atom stereocenters. The van der Waals surface area contributed by atoms with Crippen LogP contribution >= 0.6 is 12.4 Å². The number of ether oxygens (including phenoxy) is 1. The van der Waals surface area contributed by atoms with Crippen LogP contribution in [0.4, 0.5) is 14.9 Å². The van der Waals surface area contributed by atoms with Crippen LogP contribution in [0.3, 0.4) is 0 Å². The summed E-state index contributed by atoms with van der Waals surface area (Å²) < 4.78 is 18.4. The first kappa shape index (κ1) is 24.0. The molecule has 0 aliphatic carbocycles. The van der Waals surface area contributed by atoms with Gasteiger partial charge in [0.15, 0.2) is 0 Å². The van der Waals surface area contributed by atoms with Crippen molar-refractivity contribution in [1.82, 2.24) is 15.3 Å². The number of esters is 1. The standard InChI is InChI=1S/C19H22FN5O3.ClH/c1-13(23-24-19(27)22-15-7-4-6-14(20)12-15)17-16(8-5-9-21-17)18(26)28-11-10-25(2)3;/h4-9,12H,10-11H2,1-3H3,(H2,22,24,27);1H. The van der Waals surface area contributed by atoms with Crippen LogP contribution in [-0.2, 0) is 4.74 Å². The van der Waals surface area contributed by atoms with Crippen LogP contribution in [-0.4, -0.2) is 54.8 Å². The van der Waals surface area contributed by atoms with E-state index in [-0.39, 0.29) is 30.3 Å². The number of likely N-dealkylation sites (N-methyl/N-ethyl adjacent to an activating group) is 1. The Morgan fingerprint density at radius 1 is 1.24 bits per heavy atom. The van der Waals surface area contributed by atoms with E-state index in [4.69, 9.17) is 4.74 Å². The predicted octanol–water partition coefficient (Wildman–Crippen LogP) is 2.91. The Balaban J connectivity index is 0.00000420. The summed E-state index contributed by atoms with van der Waals surface area (Å²) in [5, 5.41) is 6.40. The number of nitrogens with one attached hydrogen (secondary N) is 2. The molecule has 0 radical (unpaired) electrons. The molecular formula is C19H23ClFN5O3. The van der Waals surface area contributed by atoms with Crippen LogP contribution in [0.15, 0.2) is 47.7 Å². The molecule has 2 amide bonds. The molecule has 0 aliphatic heterocycles. The number of carbonyl (C=O) groups excluding carboxylic acids is 2. The topological polar surface area (TPSA) is 95.9 Å². The average Bonchev–Trinajstić information content (AvgIpc) is 2.65. The number of aromatic nitrogens is 1. The first-order valence-corrected chi connectivity index (χ1v) is 8.51. The molecule has 0 saturated heterocycles. The van der Waals surface area contributed by atoms with E-state index >= 15 is 0 Å². The fourth-order valence-corrected chi connectivity index (χ4v) is 2.17. The summed E-state index contributed by atoms with van der Waals surface area (Å²) in [5.74, 6) is -0.993. The Morgan fingerprint density at radius 3 is 2.69 bits per heavy atom. The average molecular weight is 424 g/mol. The smallest absolute Gasteiger partial charge is 0.340 e. The molecule has 0 bridgehead atoms. The lowest BCUT2D eigenvalue weighted by molar-refractivity contribution is 0.0481. The monoisotopic (exact) mass is 423 g/mol. The number of benzene rings is 1. The minimum Gasteiger partial charge on any atom is -0.461 e. The fraction of sp³-hybridized carbons (Fsp3) is 0.263. The highest BCUT2D eigenvalue weighted by molar-refractivity contribution is 6.06. The van der Waals surface area contributed by atoms with Crippen LogP contribution in [0.5, 0.6) is 0 Å². The van der Waals surface area contributed by atoms with Gasteiger partial charge < -0.3 is 15.0 Å². The van der Waals surface area contributed by atoms with E-state index in [0.29, 0.717) is 18.0 Å². The van der Waals surface area contributed by atoms with Gasteiger partial charge in [0.25, 0.3) is 0 Å². The van der Waals surface area contributed by atoms with Gasteiger partial charge in [-0.05, 0) is 51.4 Å². The zero-order valence-corrected chi connectivity index (χ0v) is 17.1. The van der Waals surface area contributed by atoms with E-state index in [1.807, 2.05) is 19.0 Å². The van der Waals surface area contributed by atoms with Gasteiger partial charge in [0.1, 0.15) is 18.1 Å². The number of pyridine rings is 1. The molecule has 8 nitrogen and oxygen atoms in total. The van der Waals surface area contributed by atoms with Gasteiger partial charge >= 0.3 is 12.0 Å². The van der Waals surface area contributed by atoms with Crippen molar-refractivity contribution in [3.05, 3.63) is 59.7 Å². The molecule has 29 heavy (non-hydrogen) atoms. The molecule has 0 fully saturated rings. The number of hydrogen-bond donors (Lipinski definition) is 2. The van der Waals surface area contributed by atoms with Gasteiger partial charge in [-0.2, -0.15) is 5.10 Å². The first-order chi connectivity index (χ1) is 13.4. The van der Waals surface area contributed by atoms with Crippen molar-refractivity contribution < 1.29 is 18.7 Å². The molecule has 0 atom stereocenters. The third-order valence-electron chi connectivity index (χ3n) is 3.55. The van der Waals surface area contributed by atoms with Crippen LogP contribution in [0.1, 0.15) is 23.0 Å². The van der Waals surface area contributed by atoms with E-state index in [2.05, 4.69) is 20.8 Å². The molecule has 2 rings (SSSR count). The summed E-state index contributed by atoms with van der Waals surface area (Å²) in [5.41, 5.74) is 3.43. The molecule has 0 spiro atoms. The molecule has 0 saturated carbocycles. The van der Waals surface area contributed by atoms with Crippen molar-refractivity contribution in [2.45, 2.75) is 6.92 Å². The largest absolute Gasteiger partial charge is 0.461 e. The molecule has 2 N–H and O–H groups in total. The van der Waals surface area contributed by atoms with E-state index in [1.165, 1.54) is 24.4 Å². The Hall–Kier alpha value is -3.04. The third kappa shape index (κ3) is 7.84. The van der Waals surface area contributed by atoms with Gasteiger partial charge in [-0.15, -0.1) is 12.4 Å². The molecule has 10 heteroatoms. The SMILES string of the molecule is CC(=NNC(=O)Nc1cccc(F)c1)c1ncccc1C(=O)OCCN(C)C.Cl. The van der Waals surface area contributed by atoms with E-state index < -0.39 is 17.8 Å². The summed E-state index contributed by atoms with van der Waals surface area (Å²) in [4.78, 5) is 30.3. The number of halogens is 2.